The molecule has 0 saturated heterocycles. The summed E-state index contributed by atoms with van der Waals surface area (Å²) in [4.78, 5) is 15.4. The van der Waals surface area contributed by atoms with E-state index in [4.69, 9.17) is 4.42 Å². The highest BCUT2D eigenvalue weighted by Crippen LogP contribution is 2.37. The maximum absolute atomic E-state index is 11.1. The van der Waals surface area contributed by atoms with E-state index < -0.39 is 4.92 Å². The van der Waals surface area contributed by atoms with Gasteiger partial charge in [0.05, 0.1) is 9.82 Å². The Balaban J connectivity index is 2.00. The van der Waals surface area contributed by atoms with E-state index in [-0.39, 0.29) is 5.69 Å². The molecule has 100 valence electrons. The van der Waals surface area contributed by atoms with Gasteiger partial charge in [0.1, 0.15) is 5.52 Å². The summed E-state index contributed by atoms with van der Waals surface area (Å²) in [5.41, 5.74) is 1.41. The van der Waals surface area contributed by atoms with Crippen LogP contribution in [0.4, 0.5) is 5.69 Å². The number of para-hydroxylation sites is 2. The first-order chi connectivity index (χ1) is 9.63. The van der Waals surface area contributed by atoms with Crippen LogP contribution in [0.5, 0.6) is 0 Å². The summed E-state index contributed by atoms with van der Waals surface area (Å²) in [5.74, 6) is 0. The minimum atomic E-state index is -0.421. The highest BCUT2D eigenvalue weighted by atomic mass is 79.9. The summed E-state index contributed by atoms with van der Waals surface area (Å²) in [6, 6.07) is 12.2. The minimum Gasteiger partial charge on any atom is -0.431 e. The lowest BCUT2D eigenvalue weighted by Gasteiger charge is -2.00. The van der Waals surface area contributed by atoms with Crippen molar-refractivity contribution in [3.8, 4) is 0 Å². The van der Waals surface area contributed by atoms with Gasteiger partial charge in [-0.1, -0.05) is 28.1 Å². The number of fused-ring (bicyclic) bond motifs is 1. The number of nitrogens with zero attached hydrogens (tertiary/aromatic N) is 2. The second kappa shape index (κ2) is 5.26. The smallest absolute Gasteiger partial charge is 0.284 e. The van der Waals surface area contributed by atoms with Crippen molar-refractivity contribution in [1.82, 2.24) is 4.98 Å². The molecule has 1 heterocycles. The van der Waals surface area contributed by atoms with Gasteiger partial charge in [0.15, 0.2) is 5.58 Å². The van der Waals surface area contributed by atoms with Gasteiger partial charge in [-0.2, -0.15) is 0 Å². The fourth-order valence-corrected chi connectivity index (χ4v) is 2.89. The van der Waals surface area contributed by atoms with Crippen molar-refractivity contribution >= 4 is 44.5 Å². The fraction of sp³-hybridized carbons (Fsp3) is 0. The van der Waals surface area contributed by atoms with Gasteiger partial charge in [-0.15, -0.1) is 0 Å². The first-order valence-electron chi connectivity index (χ1n) is 5.61. The van der Waals surface area contributed by atoms with E-state index in [1.165, 1.54) is 6.07 Å². The highest BCUT2D eigenvalue weighted by molar-refractivity contribution is 9.10. The van der Waals surface area contributed by atoms with Crippen LogP contribution in [0, 0.1) is 10.1 Å². The summed E-state index contributed by atoms with van der Waals surface area (Å²) in [6.07, 6.45) is 0. The second-order valence-corrected chi connectivity index (χ2v) is 5.83. The van der Waals surface area contributed by atoms with E-state index in [9.17, 15) is 10.1 Å². The molecule has 2 aromatic carbocycles. The molecule has 0 unspecified atom stereocenters. The molecule has 0 spiro atoms. The van der Waals surface area contributed by atoms with Crippen molar-refractivity contribution in [1.29, 1.82) is 0 Å². The molecule has 20 heavy (non-hydrogen) atoms. The second-order valence-electron chi connectivity index (χ2n) is 3.92. The molecule has 0 radical (unpaired) electrons. The molecule has 0 aliphatic heterocycles. The zero-order valence-electron chi connectivity index (χ0n) is 9.95. The van der Waals surface area contributed by atoms with Crippen molar-refractivity contribution in [2.75, 3.05) is 0 Å². The molecule has 0 saturated carbocycles. The predicted molar refractivity (Wildman–Crippen MR) is 78.9 cm³/mol. The molecule has 1 aromatic heterocycles. The molecule has 0 N–H and O–H groups in total. The number of hydrogen-bond acceptors (Lipinski definition) is 5. The molecule has 3 rings (SSSR count). The molecule has 0 aliphatic rings. The Kier molecular flexibility index (Phi) is 3.45. The van der Waals surface area contributed by atoms with Crippen molar-refractivity contribution in [2.24, 2.45) is 0 Å². The highest BCUT2D eigenvalue weighted by Gasteiger charge is 2.17. The van der Waals surface area contributed by atoms with Crippen LogP contribution in [0.3, 0.4) is 0 Å². The summed E-state index contributed by atoms with van der Waals surface area (Å²) < 4.78 is 6.21. The lowest BCUT2D eigenvalue weighted by atomic mass is 10.3. The molecule has 0 amide bonds. The van der Waals surface area contributed by atoms with Crippen molar-refractivity contribution < 1.29 is 9.34 Å². The van der Waals surface area contributed by atoms with Crippen LogP contribution < -0.4 is 0 Å². The van der Waals surface area contributed by atoms with Crippen LogP contribution in [0.2, 0.25) is 0 Å². The number of hydrogen-bond donors (Lipinski definition) is 0. The van der Waals surface area contributed by atoms with Gasteiger partial charge in [-0.25, -0.2) is 4.98 Å². The number of oxazole rings is 1. The maximum Gasteiger partial charge on any atom is 0.284 e. The van der Waals surface area contributed by atoms with Crippen molar-refractivity contribution in [3.05, 3.63) is 57.1 Å². The molecule has 5 nitrogen and oxygen atoms in total. The van der Waals surface area contributed by atoms with E-state index in [1.54, 1.807) is 12.1 Å². The largest absolute Gasteiger partial charge is 0.431 e. The lowest BCUT2D eigenvalue weighted by molar-refractivity contribution is -0.387. The Morgan fingerprint density at radius 3 is 2.80 bits per heavy atom. The molecule has 0 atom stereocenters. The fourth-order valence-electron chi connectivity index (χ4n) is 1.71. The van der Waals surface area contributed by atoms with Gasteiger partial charge in [-0.3, -0.25) is 10.1 Å². The van der Waals surface area contributed by atoms with Crippen LogP contribution in [0.25, 0.3) is 11.1 Å². The normalized spacial score (nSPS) is 10.8. The SMILES string of the molecule is O=[N+]([O-])c1cc(Br)ccc1Sc1nc2ccccc2o1. The van der Waals surface area contributed by atoms with E-state index in [1.807, 2.05) is 24.3 Å². The third kappa shape index (κ3) is 2.54. The number of nitro benzene ring substituents is 1. The summed E-state index contributed by atoms with van der Waals surface area (Å²) in [7, 11) is 0. The van der Waals surface area contributed by atoms with Crippen LogP contribution in [0.15, 0.2) is 61.5 Å². The van der Waals surface area contributed by atoms with E-state index in [2.05, 4.69) is 20.9 Å². The molecule has 0 bridgehead atoms. The number of halogens is 1. The van der Waals surface area contributed by atoms with Gasteiger partial charge in [-0.05, 0) is 36.0 Å². The Morgan fingerprint density at radius 2 is 2.05 bits per heavy atom. The first kappa shape index (κ1) is 13.1. The third-order valence-electron chi connectivity index (χ3n) is 2.59. The van der Waals surface area contributed by atoms with Crippen molar-refractivity contribution in [2.45, 2.75) is 10.1 Å². The Labute approximate surface area is 126 Å². The van der Waals surface area contributed by atoms with Crippen LogP contribution in [0.1, 0.15) is 0 Å². The third-order valence-corrected chi connectivity index (χ3v) is 4.00. The molecular formula is C13H7BrN2O3S. The molecule has 0 fully saturated rings. The van der Waals surface area contributed by atoms with Gasteiger partial charge in [0.25, 0.3) is 10.9 Å². The minimum absolute atomic E-state index is 0.0200. The van der Waals surface area contributed by atoms with Crippen molar-refractivity contribution in [3.63, 3.8) is 0 Å². The number of nitro groups is 1. The van der Waals surface area contributed by atoms with Gasteiger partial charge in [0.2, 0.25) is 0 Å². The summed E-state index contributed by atoms with van der Waals surface area (Å²) >= 11 is 4.36. The van der Waals surface area contributed by atoms with Gasteiger partial charge in [0, 0.05) is 10.5 Å². The summed E-state index contributed by atoms with van der Waals surface area (Å²) in [5, 5.41) is 11.4. The van der Waals surface area contributed by atoms with E-state index >= 15 is 0 Å². The van der Waals surface area contributed by atoms with Crippen LogP contribution in [-0.2, 0) is 0 Å². The zero-order valence-corrected chi connectivity index (χ0v) is 12.3. The lowest BCUT2D eigenvalue weighted by Crippen LogP contribution is -1.90. The van der Waals surface area contributed by atoms with Crippen LogP contribution in [-0.4, -0.2) is 9.91 Å². The molecule has 3 aromatic rings. The Bertz CT molecular complexity index is 770. The predicted octanol–water partition coefficient (Wildman–Crippen LogP) is 4.65. The summed E-state index contributed by atoms with van der Waals surface area (Å²) in [6.45, 7) is 0. The molecule has 7 heteroatoms. The van der Waals surface area contributed by atoms with Gasteiger partial charge >= 0.3 is 0 Å². The average Bonchev–Trinajstić information content (AvgIpc) is 2.82. The van der Waals surface area contributed by atoms with Crippen LogP contribution >= 0.6 is 27.7 Å². The monoisotopic (exact) mass is 350 g/mol. The van der Waals surface area contributed by atoms with E-state index in [0.717, 1.165) is 17.3 Å². The molecular weight excluding hydrogens is 344 g/mol. The maximum atomic E-state index is 11.1. The average molecular weight is 351 g/mol. The Hall–Kier alpha value is -1.86. The van der Waals surface area contributed by atoms with E-state index in [0.29, 0.717) is 20.2 Å². The quantitative estimate of drug-likeness (QED) is 0.507. The number of aromatic nitrogens is 1. The van der Waals surface area contributed by atoms with Gasteiger partial charge < -0.3 is 4.42 Å². The number of benzene rings is 2. The molecule has 0 aliphatic carbocycles. The topological polar surface area (TPSA) is 69.2 Å². The Morgan fingerprint density at radius 1 is 1.25 bits per heavy atom. The first-order valence-corrected chi connectivity index (χ1v) is 7.22. The zero-order chi connectivity index (χ0) is 14.1. The number of rotatable bonds is 3. The standard InChI is InChI=1S/C13H7BrN2O3S/c14-8-5-6-12(10(7-8)16(17)18)20-13-15-9-3-1-2-4-11(9)19-13/h1-7H.